The number of aromatic carboxylic acids is 1. The van der Waals surface area contributed by atoms with Gasteiger partial charge in [-0.3, -0.25) is 0 Å². The quantitative estimate of drug-likeness (QED) is 0.828. The lowest BCUT2D eigenvalue weighted by Gasteiger charge is -2.23. The van der Waals surface area contributed by atoms with Crippen molar-refractivity contribution in [1.82, 2.24) is 20.3 Å². The molecule has 1 aliphatic heterocycles. The fourth-order valence-electron chi connectivity index (χ4n) is 2.65. The molecule has 6 heteroatoms. The summed E-state index contributed by atoms with van der Waals surface area (Å²) < 4.78 is 1.84. The van der Waals surface area contributed by atoms with Gasteiger partial charge < -0.3 is 10.4 Å². The maximum absolute atomic E-state index is 11.2. The Balaban J connectivity index is 1.90. The van der Waals surface area contributed by atoms with Crippen LogP contribution in [0.25, 0.3) is 0 Å². The first kappa shape index (κ1) is 11.6. The van der Waals surface area contributed by atoms with Crippen LogP contribution in [0, 0.1) is 5.92 Å². The minimum Gasteiger partial charge on any atom is -0.476 e. The van der Waals surface area contributed by atoms with Crippen LogP contribution in [0.15, 0.2) is 0 Å². The predicted octanol–water partition coefficient (Wildman–Crippen LogP) is 0.853. The number of aromatic nitrogens is 3. The van der Waals surface area contributed by atoms with Crippen LogP contribution in [0.5, 0.6) is 0 Å². The first-order valence-electron chi connectivity index (χ1n) is 6.63. The van der Waals surface area contributed by atoms with Crippen LogP contribution < -0.4 is 5.32 Å². The molecule has 6 nitrogen and oxygen atoms in total. The van der Waals surface area contributed by atoms with Crippen molar-refractivity contribution in [2.75, 3.05) is 13.1 Å². The zero-order valence-corrected chi connectivity index (χ0v) is 10.3. The Morgan fingerprint density at radius 3 is 2.67 bits per heavy atom. The first-order valence-corrected chi connectivity index (χ1v) is 6.63. The van der Waals surface area contributed by atoms with Gasteiger partial charge in [0.1, 0.15) is 0 Å². The topological polar surface area (TPSA) is 80.0 Å². The highest BCUT2D eigenvalue weighted by Gasteiger charge is 2.30. The van der Waals surface area contributed by atoms with Gasteiger partial charge in [0, 0.05) is 12.5 Å². The molecule has 0 atom stereocenters. The molecule has 2 heterocycles. The molecule has 1 aromatic rings. The zero-order valence-electron chi connectivity index (χ0n) is 10.3. The number of piperidine rings is 1. The molecular weight excluding hydrogens is 232 g/mol. The SMILES string of the molecule is O=C(O)c1nnn(CC2CC2)c1C1CCNCC1. The number of hydrogen-bond donors (Lipinski definition) is 2. The fraction of sp³-hybridized carbons (Fsp3) is 0.750. The highest BCUT2D eigenvalue weighted by atomic mass is 16.4. The molecule has 1 saturated heterocycles. The monoisotopic (exact) mass is 250 g/mol. The van der Waals surface area contributed by atoms with Crippen LogP contribution in [0.4, 0.5) is 0 Å². The van der Waals surface area contributed by atoms with E-state index in [1.54, 1.807) is 0 Å². The van der Waals surface area contributed by atoms with Crippen LogP contribution in [-0.4, -0.2) is 39.2 Å². The zero-order chi connectivity index (χ0) is 12.5. The van der Waals surface area contributed by atoms with Crippen molar-refractivity contribution in [2.45, 2.75) is 38.1 Å². The second-order valence-electron chi connectivity index (χ2n) is 5.28. The summed E-state index contributed by atoms with van der Waals surface area (Å²) in [5.74, 6) is 0.00508. The molecule has 98 valence electrons. The molecule has 2 N–H and O–H groups in total. The standard InChI is InChI=1S/C12H18N4O2/c17-12(18)10-11(9-3-5-13-6-4-9)16(15-14-10)7-8-1-2-8/h8-9,13H,1-7H2,(H,17,18). The van der Waals surface area contributed by atoms with Gasteiger partial charge in [-0.25, -0.2) is 9.48 Å². The van der Waals surface area contributed by atoms with Gasteiger partial charge in [0.25, 0.3) is 0 Å². The third-order valence-corrected chi connectivity index (χ3v) is 3.83. The third kappa shape index (κ3) is 2.25. The van der Waals surface area contributed by atoms with E-state index in [0.29, 0.717) is 5.92 Å². The Morgan fingerprint density at radius 1 is 1.33 bits per heavy atom. The average Bonchev–Trinajstić information content (AvgIpc) is 3.07. The van der Waals surface area contributed by atoms with E-state index in [1.165, 1.54) is 12.8 Å². The number of carbonyl (C=O) groups is 1. The normalized spacial score (nSPS) is 21.1. The molecule has 0 unspecified atom stereocenters. The number of hydrogen-bond acceptors (Lipinski definition) is 4. The van der Waals surface area contributed by atoms with Crippen molar-refractivity contribution in [3.05, 3.63) is 11.4 Å². The van der Waals surface area contributed by atoms with E-state index >= 15 is 0 Å². The first-order chi connectivity index (χ1) is 8.75. The summed E-state index contributed by atoms with van der Waals surface area (Å²) in [6.07, 6.45) is 4.40. The van der Waals surface area contributed by atoms with Gasteiger partial charge in [0.15, 0.2) is 5.69 Å². The number of nitrogens with one attached hydrogen (secondary N) is 1. The summed E-state index contributed by atoms with van der Waals surface area (Å²) >= 11 is 0. The fourth-order valence-corrected chi connectivity index (χ4v) is 2.65. The van der Waals surface area contributed by atoms with E-state index < -0.39 is 5.97 Å². The van der Waals surface area contributed by atoms with E-state index in [-0.39, 0.29) is 11.6 Å². The highest BCUT2D eigenvalue weighted by Crippen LogP contribution is 2.33. The summed E-state index contributed by atoms with van der Waals surface area (Å²) in [6.45, 7) is 2.72. The second kappa shape index (κ2) is 4.68. The smallest absolute Gasteiger partial charge is 0.358 e. The summed E-state index contributed by atoms with van der Waals surface area (Å²) in [4.78, 5) is 11.2. The van der Waals surface area contributed by atoms with E-state index in [4.69, 9.17) is 0 Å². The van der Waals surface area contributed by atoms with E-state index in [1.807, 2.05) is 4.68 Å². The van der Waals surface area contributed by atoms with Crippen LogP contribution >= 0.6 is 0 Å². The van der Waals surface area contributed by atoms with Gasteiger partial charge in [0.2, 0.25) is 0 Å². The van der Waals surface area contributed by atoms with E-state index in [2.05, 4.69) is 15.6 Å². The van der Waals surface area contributed by atoms with Gasteiger partial charge in [-0.1, -0.05) is 5.21 Å². The second-order valence-corrected chi connectivity index (χ2v) is 5.28. The number of carboxylic acids is 1. The molecule has 3 rings (SSSR count). The molecule has 1 saturated carbocycles. The lowest BCUT2D eigenvalue weighted by molar-refractivity contribution is 0.0688. The summed E-state index contributed by atoms with van der Waals surface area (Å²) in [7, 11) is 0. The molecule has 2 fully saturated rings. The summed E-state index contributed by atoms with van der Waals surface area (Å²) in [5.41, 5.74) is 0.999. The van der Waals surface area contributed by atoms with Crippen LogP contribution in [0.3, 0.4) is 0 Å². The summed E-state index contributed by atoms with van der Waals surface area (Å²) in [6, 6.07) is 0. The van der Waals surface area contributed by atoms with Gasteiger partial charge in [-0.2, -0.15) is 0 Å². The van der Waals surface area contributed by atoms with E-state index in [9.17, 15) is 9.90 Å². The van der Waals surface area contributed by atoms with Crippen molar-refractivity contribution < 1.29 is 9.90 Å². The van der Waals surface area contributed by atoms with Crippen LogP contribution in [0.2, 0.25) is 0 Å². The molecule has 1 aliphatic carbocycles. The van der Waals surface area contributed by atoms with Crippen molar-refractivity contribution in [3.8, 4) is 0 Å². The molecule has 0 aromatic carbocycles. The van der Waals surface area contributed by atoms with Crippen LogP contribution in [-0.2, 0) is 6.54 Å². The van der Waals surface area contributed by atoms with Crippen molar-refractivity contribution in [3.63, 3.8) is 0 Å². The maximum atomic E-state index is 11.2. The maximum Gasteiger partial charge on any atom is 0.358 e. The number of nitrogens with zero attached hydrogens (tertiary/aromatic N) is 3. The molecule has 0 spiro atoms. The Labute approximate surface area is 105 Å². The minimum atomic E-state index is -0.953. The Morgan fingerprint density at radius 2 is 2.06 bits per heavy atom. The third-order valence-electron chi connectivity index (χ3n) is 3.83. The molecular formula is C12H18N4O2. The molecule has 1 aromatic heterocycles. The molecule has 2 aliphatic rings. The number of rotatable bonds is 4. The van der Waals surface area contributed by atoms with Gasteiger partial charge in [0.05, 0.1) is 5.69 Å². The van der Waals surface area contributed by atoms with Gasteiger partial charge >= 0.3 is 5.97 Å². The Hall–Kier alpha value is -1.43. The minimum absolute atomic E-state index is 0.155. The lowest BCUT2D eigenvalue weighted by atomic mass is 9.93. The van der Waals surface area contributed by atoms with Crippen molar-refractivity contribution >= 4 is 5.97 Å². The molecule has 0 radical (unpaired) electrons. The predicted molar refractivity (Wildman–Crippen MR) is 64.6 cm³/mol. The molecule has 0 amide bonds. The molecule has 0 bridgehead atoms. The largest absolute Gasteiger partial charge is 0.476 e. The van der Waals surface area contributed by atoms with Crippen molar-refractivity contribution in [1.29, 1.82) is 0 Å². The lowest BCUT2D eigenvalue weighted by Crippen LogP contribution is -2.29. The number of carboxylic acid groups (broad SMARTS) is 1. The Kier molecular flexibility index (Phi) is 3.03. The highest BCUT2D eigenvalue weighted by molar-refractivity contribution is 5.86. The summed E-state index contributed by atoms with van der Waals surface area (Å²) in [5, 5.41) is 20.5. The van der Waals surface area contributed by atoms with Crippen LogP contribution in [0.1, 0.15) is 47.8 Å². The van der Waals surface area contributed by atoms with Gasteiger partial charge in [-0.05, 0) is 44.7 Å². The molecule has 18 heavy (non-hydrogen) atoms. The Bertz CT molecular complexity index is 447. The average molecular weight is 250 g/mol. The van der Waals surface area contributed by atoms with Crippen molar-refractivity contribution in [2.24, 2.45) is 5.92 Å². The van der Waals surface area contributed by atoms with Gasteiger partial charge in [-0.15, -0.1) is 5.10 Å². The van der Waals surface area contributed by atoms with E-state index in [0.717, 1.165) is 38.2 Å².